The molecule has 2 aromatic rings. The van der Waals surface area contributed by atoms with Crippen LogP contribution < -0.4 is 10.6 Å². The number of aromatic nitrogens is 1. The number of hydrogen-bond acceptors (Lipinski definition) is 3. The van der Waals surface area contributed by atoms with Gasteiger partial charge in [-0.2, -0.15) is 0 Å². The minimum absolute atomic E-state index is 0.0455. The highest BCUT2D eigenvalue weighted by atomic mass is 16.1. The average Bonchev–Trinajstić information content (AvgIpc) is 2.60. The summed E-state index contributed by atoms with van der Waals surface area (Å²) in [5.74, 6) is -0.0455. The number of rotatable bonds is 4. The summed E-state index contributed by atoms with van der Waals surface area (Å²) in [6.07, 6.45) is 4.96. The van der Waals surface area contributed by atoms with Gasteiger partial charge in [0.05, 0.1) is 5.69 Å². The normalized spacial score (nSPS) is 14.2. The van der Waals surface area contributed by atoms with Crippen molar-refractivity contribution in [3.8, 4) is 0 Å². The summed E-state index contributed by atoms with van der Waals surface area (Å²) in [6, 6.07) is 9.86. The lowest BCUT2D eigenvalue weighted by Gasteiger charge is -2.16. The van der Waals surface area contributed by atoms with Crippen LogP contribution in [0.4, 0.5) is 0 Å². The van der Waals surface area contributed by atoms with Crippen molar-refractivity contribution in [2.24, 2.45) is 0 Å². The van der Waals surface area contributed by atoms with Gasteiger partial charge in [0, 0.05) is 24.8 Å². The Labute approximate surface area is 143 Å². The van der Waals surface area contributed by atoms with Gasteiger partial charge in [-0.05, 0) is 56.1 Å². The lowest BCUT2D eigenvalue weighted by Crippen LogP contribution is -2.24. The van der Waals surface area contributed by atoms with E-state index in [9.17, 15) is 4.79 Å². The van der Waals surface area contributed by atoms with Crippen molar-refractivity contribution >= 4 is 11.5 Å². The van der Waals surface area contributed by atoms with E-state index in [4.69, 9.17) is 0 Å². The number of hydrogen-bond donors (Lipinski definition) is 2. The predicted molar refractivity (Wildman–Crippen MR) is 96.8 cm³/mol. The molecule has 3 rings (SSSR count). The van der Waals surface area contributed by atoms with Crippen LogP contribution in [-0.2, 0) is 6.54 Å². The summed E-state index contributed by atoms with van der Waals surface area (Å²) in [5.41, 5.74) is 6.22. The quantitative estimate of drug-likeness (QED) is 0.910. The molecular weight excluding hydrogens is 298 g/mol. The molecule has 1 amide bonds. The van der Waals surface area contributed by atoms with Crippen molar-refractivity contribution in [3.63, 3.8) is 0 Å². The van der Waals surface area contributed by atoms with Crippen molar-refractivity contribution in [2.75, 3.05) is 13.1 Å². The largest absolute Gasteiger partial charge is 0.348 e. The Morgan fingerprint density at radius 3 is 2.75 bits per heavy atom. The summed E-state index contributed by atoms with van der Waals surface area (Å²) < 4.78 is 0. The fourth-order valence-corrected chi connectivity index (χ4v) is 3.09. The number of nitrogens with one attached hydrogen (secondary N) is 2. The lowest BCUT2D eigenvalue weighted by atomic mass is 10.0. The minimum Gasteiger partial charge on any atom is -0.348 e. The topological polar surface area (TPSA) is 54.0 Å². The Morgan fingerprint density at radius 1 is 1.25 bits per heavy atom. The molecule has 0 spiro atoms. The third kappa shape index (κ3) is 3.89. The molecule has 1 aliphatic rings. The van der Waals surface area contributed by atoms with Crippen molar-refractivity contribution in [2.45, 2.75) is 26.8 Å². The molecule has 0 saturated heterocycles. The first-order valence-corrected chi connectivity index (χ1v) is 8.34. The lowest BCUT2D eigenvalue weighted by molar-refractivity contribution is 0.0950. The summed E-state index contributed by atoms with van der Waals surface area (Å²) in [5, 5.41) is 6.34. The van der Waals surface area contributed by atoms with Gasteiger partial charge in [-0.3, -0.25) is 9.78 Å². The number of carbonyl (C=O) groups excluding carboxylic acids is 1. The van der Waals surface area contributed by atoms with Crippen molar-refractivity contribution in [1.82, 2.24) is 15.6 Å². The average molecular weight is 321 g/mol. The second-order valence-corrected chi connectivity index (χ2v) is 6.25. The maximum absolute atomic E-state index is 12.5. The van der Waals surface area contributed by atoms with E-state index in [0.29, 0.717) is 12.1 Å². The SMILES string of the molecule is Cc1cc(C)cc(C(=O)NCc2cccnc2C2=CCNCC2)c1. The third-order valence-electron chi connectivity index (χ3n) is 4.18. The van der Waals surface area contributed by atoms with Crippen LogP contribution in [0.2, 0.25) is 0 Å². The van der Waals surface area contributed by atoms with Crippen LogP contribution in [0.1, 0.15) is 39.2 Å². The maximum Gasteiger partial charge on any atom is 0.251 e. The number of benzene rings is 1. The number of nitrogens with zero attached hydrogens (tertiary/aromatic N) is 1. The monoisotopic (exact) mass is 321 g/mol. The molecule has 0 atom stereocenters. The van der Waals surface area contributed by atoms with E-state index in [0.717, 1.165) is 41.9 Å². The third-order valence-corrected chi connectivity index (χ3v) is 4.18. The summed E-state index contributed by atoms with van der Waals surface area (Å²) in [4.78, 5) is 17.0. The molecule has 2 heterocycles. The van der Waals surface area contributed by atoms with Gasteiger partial charge in [0.15, 0.2) is 0 Å². The highest BCUT2D eigenvalue weighted by Gasteiger charge is 2.13. The van der Waals surface area contributed by atoms with Gasteiger partial charge >= 0.3 is 0 Å². The first-order chi connectivity index (χ1) is 11.6. The molecule has 0 unspecified atom stereocenters. The van der Waals surface area contributed by atoms with E-state index in [1.54, 1.807) is 0 Å². The first-order valence-electron chi connectivity index (χ1n) is 8.34. The molecule has 0 fully saturated rings. The van der Waals surface area contributed by atoms with Crippen LogP contribution in [-0.4, -0.2) is 24.0 Å². The van der Waals surface area contributed by atoms with Crippen LogP contribution in [0.3, 0.4) is 0 Å². The highest BCUT2D eigenvalue weighted by Crippen LogP contribution is 2.21. The van der Waals surface area contributed by atoms with Crippen molar-refractivity contribution in [1.29, 1.82) is 0 Å². The smallest absolute Gasteiger partial charge is 0.251 e. The van der Waals surface area contributed by atoms with Gasteiger partial charge in [-0.15, -0.1) is 0 Å². The van der Waals surface area contributed by atoms with Gasteiger partial charge in [0.1, 0.15) is 0 Å². The van der Waals surface area contributed by atoms with E-state index in [1.807, 2.05) is 44.3 Å². The second kappa shape index (κ2) is 7.41. The van der Waals surface area contributed by atoms with Crippen molar-refractivity contribution < 1.29 is 4.79 Å². The molecule has 24 heavy (non-hydrogen) atoms. The fraction of sp³-hybridized carbons (Fsp3) is 0.300. The highest BCUT2D eigenvalue weighted by molar-refractivity contribution is 5.94. The van der Waals surface area contributed by atoms with Crippen LogP contribution >= 0.6 is 0 Å². The van der Waals surface area contributed by atoms with Crippen LogP contribution in [0.5, 0.6) is 0 Å². The molecular formula is C20H23N3O. The van der Waals surface area contributed by atoms with Crippen LogP contribution in [0.25, 0.3) is 5.57 Å². The van der Waals surface area contributed by atoms with Gasteiger partial charge in [0.25, 0.3) is 5.91 Å². The maximum atomic E-state index is 12.5. The zero-order chi connectivity index (χ0) is 16.9. The number of amides is 1. The van der Waals surface area contributed by atoms with Gasteiger partial charge < -0.3 is 10.6 Å². The van der Waals surface area contributed by atoms with Gasteiger partial charge in [-0.1, -0.05) is 29.3 Å². The van der Waals surface area contributed by atoms with Gasteiger partial charge in [0.2, 0.25) is 0 Å². The molecule has 0 aliphatic carbocycles. The summed E-state index contributed by atoms with van der Waals surface area (Å²) in [7, 11) is 0. The molecule has 2 N–H and O–H groups in total. The Hall–Kier alpha value is -2.46. The summed E-state index contributed by atoms with van der Waals surface area (Å²) in [6.45, 7) is 6.34. The standard InChI is InChI=1S/C20H23N3O/c1-14-10-15(2)12-18(11-14)20(24)23-13-17-4-3-7-22-19(17)16-5-8-21-9-6-16/h3-5,7,10-12,21H,6,8-9,13H2,1-2H3,(H,23,24). The summed E-state index contributed by atoms with van der Waals surface area (Å²) >= 11 is 0. The molecule has 1 aliphatic heterocycles. The zero-order valence-electron chi connectivity index (χ0n) is 14.2. The fourth-order valence-electron chi connectivity index (χ4n) is 3.09. The molecule has 0 bridgehead atoms. The van der Waals surface area contributed by atoms with Crippen LogP contribution in [0, 0.1) is 13.8 Å². The Bertz CT molecular complexity index is 760. The molecule has 1 aromatic heterocycles. The van der Waals surface area contributed by atoms with E-state index < -0.39 is 0 Å². The molecule has 124 valence electrons. The van der Waals surface area contributed by atoms with E-state index >= 15 is 0 Å². The first kappa shape index (κ1) is 16.4. The molecule has 4 nitrogen and oxygen atoms in total. The number of carbonyl (C=O) groups is 1. The minimum atomic E-state index is -0.0455. The van der Waals surface area contributed by atoms with E-state index in [-0.39, 0.29) is 5.91 Å². The molecule has 0 radical (unpaired) electrons. The molecule has 4 heteroatoms. The number of aryl methyl sites for hydroxylation is 2. The predicted octanol–water partition coefficient (Wildman–Crippen LogP) is 3.01. The van der Waals surface area contributed by atoms with E-state index in [2.05, 4.69) is 27.8 Å². The Kier molecular flexibility index (Phi) is 5.06. The molecule has 0 saturated carbocycles. The Balaban J connectivity index is 1.75. The zero-order valence-corrected chi connectivity index (χ0v) is 14.2. The Morgan fingerprint density at radius 2 is 2.04 bits per heavy atom. The van der Waals surface area contributed by atoms with E-state index in [1.165, 1.54) is 5.57 Å². The van der Waals surface area contributed by atoms with Crippen LogP contribution in [0.15, 0.2) is 42.6 Å². The van der Waals surface area contributed by atoms with Crippen molar-refractivity contribution in [3.05, 3.63) is 70.6 Å². The molecule has 1 aromatic carbocycles. The number of pyridine rings is 1. The van der Waals surface area contributed by atoms with Gasteiger partial charge in [-0.25, -0.2) is 0 Å². The second-order valence-electron chi connectivity index (χ2n) is 6.25.